The molecule has 2 nitrogen and oxygen atoms in total. The molecule has 1 aliphatic carbocycles. The maximum Gasteiger partial charge on any atom is 0.00670 e. The molecule has 0 bridgehead atoms. The number of likely N-dealkylation sites (tertiary alicyclic amines) is 1. The van der Waals surface area contributed by atoms with E-state index in [-0.39, 0.29) is 0 Å². The second kappa shape index (κ2) is 17.4. The monoisotopic (exact) mass is 462 g/mol. The van der Waals surface area contributed by atoms with Crippen LogP contribution >= 0.6 is 0 Å². The standard InChI is InChI=1S/C31H62N2/c1-5-8-10-12-14-17-30(18-15-13-11-9-6-2)32-22-19-29-25-31(26-29)20-23-33(24-21-31)27-28(4)16-7-3/h28-30,32H,5-27H2,1-4H3. The summed E-state index contributed by atoms with van der Waals surface area (Å²) in [6, 6.07) is 0.788. The smallest absolute Gasteiger partial charge is 0.00670 e. The molecule has 0 aromatic carbocycles. The molecule has 1 spiro atoms. The molecule has 0 aromatic rings. The molecule has 33 heavy (non-hydrogen) atoms. The molecule has 1 N–H and O–H groups in total. The molecule has 0 radical (unpaired) electrons. The molecule has 2 aliphatic rings. The first-order chi connectivity index (χ1) is 16.1. The number of nitrogens with zero attached hydrogens (tertiary/aromatic N) is 1. The van der Waals surface area contributed by atoms with E-state index in [1.807, 2.05) is 0 Å². The van der Waals surface area contributed by atoms with Crippen molar-refractivity contribution in [3.05, 3.63) is 0 Å². The average Bonchev–Trinajstić information content (AvgIpc) is 2.78. The van der Waals surface area contributed by atoms with Gasteiger partial charge in [-0.3, -0.25) is 0 Å². The number of hydrogen-bond acceptors (Lipinski definition) is 2. The third-order valence-electron chi connectivity index (χ3n) is 9.01. The third kappa shape index (κ3) is 11.9. The van der Waals surface area contributed by atoms with E-state index in [2.05, 4.69) is 37.9 Å². The normalized spacial score (nSPS) is 19.9. The highest BCUT2D eigenvalue weighted by atomic mass is 15.1. The van der Waals surface area contributed by atoms with Gasteiger partial charge in [-0.15, -0.1) is 0 Å². The summed E-state index contributed by atoms with van der Waals surface area (Å²) in [6.45, 7) is 14.8. The van der Waals surface area contributed by atoms with Crippen LogP contribution in [0.2, 0.25) is 0 Å². The van der Waals surface area contributed by atoms with Crippen LogP contribution in [0.5, 0.6) is 0 Å². The topological polar surface area (TPSA) is 15.3 Å². The predicted molar refractivity (Wildman–Crippen MR) is 148 cm³/mol. The van der Waals surface area contributed by atoms with Gasteiger partial charge in [0, 0.05) is 12.6 Å². The SMILES string of the molecule is CCCCCCCC(CCCCCCC)NCCC1CC2(CCN(CC(C)CCC)CC2)C1. The van der Waals surface area contributed by atoms with Crippen molar-refractivity contribution in [1.29, 1.82) is 0 Å². The second-order valence-electron chi connectivity index (χ2n) is 12.3. The van der Waals surface area contributed by atoms with Gasteiger partial charge in [0.1, 0.15) is 0 Å². The zero-order chi connectivity index (χ0) is 23.8. The Morgan fingerprint density at radius 1 is 0.758 bits per heavy atom. The minimum absolute atomic E-state index is 0.743. The van der Waals surface area contributed by atoms with Crippen molar-refractivity contribution >= 4 is 0 Å². The van der Waals surface area contributed by atoms with Crippen molar-refractivity contribution in [3.8, 4) is 0 Å². The summed E-state index contributed by atoms with van der Waals surface area (Å²) < 4.78 is 0. The molecular formula is C31H62N2. The Bertz CT molecular complexity index is 432. The Morgan fingerprint density at radius 2 is 1.33 bits per heavy atom. The summed E-state index contributed by atoms with van der Waals surface area (Å²) in [5, 5.41) is 4.02. The molecule has 1 saturated carbocycles. The molecule has 1 atom stereocenters. The molecule has 2 rings (SSSR count). The van der Waals surface area contributed by atoms with E-state index in [1.165, 1.54) is 148 Å². The molecule has 2 fully saturated rings. The van der Waals surface area contributed by atoms with Crippen LogP contribution in [0.15, 0.2) is 0 Å². The molecule has 1 heterocycles. The van der Waals surface area contributed by atoms with Gasteiger partial charge < -0.3 is 10.2 Å². The lowest BCUT2D eigenvalue weighted by molar-refractivity contribution is -0.0190. The zero-order valence-corrected chi connectivity index (χ0v) is 23.4. The highest BCUT2D eigenvalue weighted by molar-refractivity contribution is 4.97. The third-order valence-corrected chi connectivity index (χ3v) is 9.01. The van der Waals surface area contributed by atoms with E-state index in [0.29, 0.717) is 0 Å². The fourth-order valence-electron chi connectivity index (χ4n) is 6.84. The van der Waals surface area contributed by atoms with Crippen LogP contribution in [0.25, 0.3) is 0 Å². The first-order valence-electron chi connectivity index (χ1n) is 15.6. The highest BCUT2D eigenvalue weighted by Gasteiger charge is 2.45. The summed E-state index contributed by atoms with van der Waals surface area (Å²) >= 11 is 0. The van der Waals surface area contributed by atoms with Crippen molar-refractivity contribution < 1.29 is 0 Å². The molecular weight excluding hydrogens is 400 g/mol. The van der Waals surface area contributed by atoms with Crippen LogP contribution < -0.4 is 5.32 Å². The van der Waals surface area contributed by atoms with Crippen LogP contribution in [0, 0.1) is 17.3 Å². The number of rotatable bonds is 20. The number of piperidine rings is 1. The Kier molecular flexibility index (Phi) is 15.3. The van der Waals surface area contributed by atoms with Gasteiger partial charge in [-0.05, 0) is 88.3 Å². The second-order valence-corrected chi connectivity index (χ2v) is 12.3. The fraction of sp³-hybridized carbons (Fsp3) is 1.00. The van der Waals surface area contributed by atoms with Crippen molar-refractivity contribution in [2.24, 2.45) is 17.3 Å². The quantitative estimate of drug-likeness (QED) is 0.182. The maximum absolute atomic E-state index is 4.02. The van der Waals surface area contributed by atoms with E-state index < -0.39 is 0 Å². The summed E-state index contributed by atoms with van der Waals surface area (Å²) in [5.41, 5.74) is 0.743. The van der Waals surface area contributed by atoms with Crippen LogP contribution in [0.1, 0.15) is 150 Å². The largest absolute Gasteiger partial charge is 0.314 e. The Balaban J connectivity index is 1.59. The lowest BCUT2D eigenvalue weighted by Crippen LogP contribution is -2.48. The van der Waals surface area contributed by atoms with Crippen LogP contribution in [-0.4, -0.2) is 37.1 Å². The summed E-state index contributed by atoms with van der Waals surface area (Å²) in [7, 11) is 0. The van der Waals surface area contributed by atoms with E-state index in [4.69, 9.17) is 0 Å². The van der Waals surface area contributed by atoms with E-state index in [1.54, 1.807) is 0 Å². The van der Waals surface area contributed by atoms with Crippen molar-refractivity contribution in [2.45, 2.75) is 156 Å². The van der Waals surface area contributed by atoms with Crippen LogP contribution in [0.3, 0.4) is 0 Å². The molecule has 196 valence electrons. The van der Waals surface area contributed by atoms with Gasteiger partial charge in [0.05, 0.1) is 0 Å². The molecule has 1 aliphatic heterocycles. The Hall–Kier alpha value is -0.0800. The van der Waals surface area contributed by atoms with Gasteiger partial charge in [0.2, 0.25) is 0 Å². The van der Waals surface area contributed by atoms with Crippen LogP contribution in [-0.2, 0) is 0 Å². The lowest BCUT2D eigenvalue weighted by atomic mass is 9.57. The van der Waals surface area contributed by atoms with Gasteiger partial charge in [-0.1, -0.05) is 98.3 Å². The first-order valence-corrected chi connectivity index (χ1v) is 15.6. The van der Waals surface area contributed by atoms with Gasteiger partial charge in [-0.2, -0.15) is 0 Å². The Labute approximate surface area is 209 Å². The van der Waals surface area contributed by atoms with Gasteiger partial charge in [-0.25, -0.2) is 0 Å². The maximum atomic E-state index is 4.02. The van der Waals surface area contributed by atoms with Gasteiger partial charge in [0.25, 0.3) is 0 Å². The summed E-state index contributed by atoms with van der Waals surface area (Å²) in [5.74, 6) is 1.90. The molecule has 2 heteroatoms. The van der Waals surface area contributed by atoms with E-state index >= 15 is 0 Å². The number of hydrogen-bond donors (Lipinski definition) is 1. The van der Waals surface area contributed by atoms with Crippen LogP contribution in [0.4, 0.5) is 0 Å². The minimum atomic E-state index is 0.743. The van der Waals surface area contributed by atoms with Crippen molar-refractivity contribution in [3.63, 3.8) is 0 Å². The van der Waals surface area contributed by atoms with E-state index in [0.717, 1.165) is 23.3 Å². The number of nitrogens with one attached hydrogen (secondary N) is 1. The zero-order valence-electron chi connectivity index (χ0n) is 23.4. The Morgan fingerprint density at radius 3 is 1.88 bits per heavy atom. The van der Waals surface area contributed by atoms with E-state index in [9.17, 15) is 0 Å². The lowest BCUT2D eigenvalue weighted by Gasteiger charge is -2.53. The minimum Gasteiger partial charge on any atom is -0.314 e. The van der Waals surface area contributed by atoms with Gasteiger partial charge >= 0.3 is 0 Å². The molecule has 0 amide bonds. The average molecular weight is 463 g/mol. The summed E-state index contributed by atoms with van der Waals surface area (Å²) in [6.07, 6.45) is 27.2. The van der Waals surface area contributed by atoms with Crippen molar-refractivity contribution in [1.82, 2.24) is 10.2 Å². The molecule has 0 aromatic heterocycles. The van der Waals surface area contributed by atoms with Gasteiger partial charge in [0.15, 0.2) is 0 Å². The first kappa shape index (κ1) is 29.2. The van der Waals surface area contributed by atoms with Crippen molar-refractivity contribution in [2.75, 3.05) is 26.2 Å². The fourth-order valence-corrected chi connectivity index (χ4v) is 6.84. The predicted octanol–water partition coefficient (Wildman–Crippen LogP) is 8.98. The highest BCUT2D eigenvalue weighted by Crippen LogP contribution is 2.53. The summed E-state index contributed by atoms with van der Waals surface area (Å²) in [4.78, 5) is 2.77. The molecule has 1 saturated heterocycles. The molecule has 1 unspecified atom stereocenters. The number of unbranched alkanes of at least 4 members (excludes halogenated alkanes) is 8.